The Bertz CT molecular complexity index is 585. The molecule has 9 heteroatoms. The van der Waals surface area contributed by atoms with E-state index in [1.807, 2.05) is 6.92 Å². The van der Waals surface area contributed by atoms with Crippen LogP contribution in [0.4, 0.5) is 0 Å². The zero-order valence-corrected chi connectivity index (χ0v) is 15.7. The summed E-state index contributed by atoms with van der Waals surface area (Å²) in [6.45, 7) is 1.95. The van der Waals surface area contributed by atoms with Gasteiger partial charge in [-0.05, 0) is 24.0 Å². The second kappa shape index (κ2) is 7.97. The molecule has 1 amide bonds. The van der Waals surface area contributed by atoms with Gasteiger partial charge in [0.1, 0.15) is 5.75 Å². The number of esters is 1. The molecule has 0 radical (unpaired) electrons. The standard InChI is InChI=1S/C16H22ClNO6S/c1-3-4-8-25(23)16(17)9-11-10(6-5-7-12(19)24-2)14(20)18(11)13(16)15(21)22/h5,7,10-11,13H,3-4,6,8-9H2,1-2H3,(H,21,22). The van der Waals surface area contributed by atoms with Gasteiger partial charge in [-0.2, -0.15) is 0 Å². The highest BCUT2D eigenvalue weighted by Crippen LogP contribution is 2.52. The number of unbranched alkanes of at least 4 members (excludes halogenated alkanes) is 1. The van der Waals surface area contributed by atoms with E-state index >= 15 is 0 Å². The third-order valence-corrected chi connectivity index (χ3v) is 7.39. The van der Waals surface area contributed by atoms with Crippen LogP contribution in [0, 0.1) is 5.92 Å². The summed E-state index contributed by atoms with van der Waals surface area (Å²) in [5, 5.41) is 9.54. The number of alkyl halides is 1. The van der Waals surface area contributed by atoms with E-state index in [4.69, 9.17) is 11.6 Å². The number of rotatable bonds is 8. The van der Waals surface area contributed by atoms with Crippen LogP contribution in [0.2, 0.25) is 0 Å². The Morgan fingerprint density at radius 2 is 2.24 bits per heavy atom. The molecular weight excluding hydrogens is 370 g/mol. The minimum atomic E-state index is -1.56. The Labute approximate surface area is 154 Å². The van der Waals surface area contributed by atoms with Crippen LogP contribution in [0.25, 0.3) is 0 Å². The van der Waals surface area contributed by atoms with E-state index in [0.29, 0.717) is 12.2 Å². The summed E-state index contributed by atoms with van der Waals surface area (Å²) >= 11 is 4.96. The van der Waals surface area contributed by atoms with Gasteiger partial charge in [-0.25, -0.2) is 9.59 Å². The molecule has 0 aromatic heterocycles. The Morgan fingerprint density at radius 1 is 1.56 bits per heavy atom. The molecule has 0 aromatic rings. The van der Waals surface area contributed by atoms with Crippen LogP contribution in [0.3, 0.4) is 0 Å². The maximum absolute atomic E-state index is 12.6. The highest BCUT2D eigenvalue weighted by Gasteiger charge is 2.70. The molecule has 7 nitrogen and oxygen atoms in total. The number of carboxylic acid groups (broad SMARTS) is 1. The number of carboxylic acids is 1. The third-order valence-electron chi connectivity index (χ3n) is 4.71. The van der Waals surface area contributed by atoms with Crippen molar-refractivity contribution < 1.29 is 28.8 Å². The number of fused-ring (bicyclic) bond motifs is 1. The molecule has 1 N–H and O–H groups in total. The summed E-state index contributed by atoms with van der Waals surface area (Å²) in [5.41, 5.74) is 0. The average Bonchev–Trinajstić information content (AvgIpc) is 2.87. The van der Waals surface area contributed by atoms with Gasteiger partial charge in [-0.1, -0.05) is 31.0 Å². The first-order chi connectivity index (χ1) is 11.8. The Morgan fingerprint density at radius 3 is 2.80 bits per heavy atom. The van der Waals surface area contributed by atoms with Gasteiger partial charge >= 0.3 is 11.9 Å². The van der Waals surface area contributed by atoms with Gasteiger partial charge in [-0.15, -0.1) is 0 Å². The van der Waals surface area contributed by atoms with E-state index in [0.717, 1.165) is 6.42 Å². The first-order valence-electron chi connectivity index (χ1n) is 8.14. The Balaban J connectivity index is 2.14. The molecule has 0 saturated carbocycles. The summed E-state index contributed by atoms with van der Waals surface area (Å²) in [7, 11) is 1.25. The van der Waals surface area contributed by atoms with Crippen LogP contribution in [-0.2, 0) is 30.3 Å². The summed E-state index contributed by atoms with van der Waals surface area (Å²) in [4.78, 5) is 36.4. The molecule has 5 atom stereocenters. The lowest BCUT2D eigenvalue weighted by molar-refractivity contribution is -0.163. The SMILES string of the molecule is CCCC[S+]([O-])C1(Cl)CC2C(CC=CC(=O)OC)C(=O)N2C1C(=O)O. The van der Waals surface area contributed by atoms with Gasteiger partial charge in [0.25, 0.3) is 0 Å². The van der Waals surface area contributed by atoms with Crippen LogP contribution in [-0.4, -0.2) is 61.6 Å². The molecule has 2 aliphatic rings. The van der Waals surface area contributed by atoms with E-state index in [-0.39, 0.29) is 24.8 Å². The van der Waals surface area contributed by atoms with Crippen molar-refractivity contribution in [1.82, 2.24) is 4.90 Å². The highest BCUT2D eigenvalue weighted by atomic mass is 35.5. The lowest BCUT2D eigenvalue weighted by atomic mass is 9.85. The lowest BCUT2D eigenvalue weighted by Crippen LogP contribution is -2.63. The molecule has 2 rings (SSSR count). The molecule has 140 valence electrons. The average molecular weight is 392 g/mol. The van der Waals surface area contributed by atoms with Crippen LogP contribution >= 0.6 is 11.6 Å². The van der Waals surface area contributed by atoms with Crippen molar-refractivity contribution in [3.63, 3.8) is 0 Å². The molecule has 0 aliphatic carbocycles. The maximum Gasteiger partial charge on any atom is 0.333 e. The van der Waals surface area contributed by atoms with Crippen molar-refractivity contribution in [2.75, 3.05) is 12.9 Å². The highest BCUT2D eigenvalue weighted by molar-refractivity contribution is 7.94. The second-order valence-corrected chi connectivity index (χ2v) is 8.94. The van der Waals surface area contributed by atoms with Crippen LogP contribution in [0.5, 0.6) is 0 Å². The molecular formula is C16H22ClNO6S. The lowest BCUT2D eigenvalue weighted by Gasteiger charge is -2.43. The first-order valence-corrected chi connectivity index (χ1v) is 9.84. The number of β-lactam (4-membered cyclic amide) rings is 1. The molecule has 2 fully saturated rings. The maximum atomic E-state index is 12.6. The predicted molar refractivity (Wildman–Crippen MR) is 92.4 cm³/mol. The van der Waals surface area contributed by atoms with Gasteiger partial charge in [0.2, 0.25) is 10.1 Å². The molecule has 5 unspecified atom stereocenters. The van der Waals surface area contributed by atoms with Crippen molar-refractivity contribution in [1.29, 1.82) is 0 Å². The number of carbonyl (C=O) groups is 3. The van der Waals surface area contributed by atoms with Crippen LogP contribution in [0.15, 0.2) is 12.2 Å². The number of amides is 1. The smallest absolute Gasteiger partial charge is 0.333 e. The van der Waals surface area contributed by atoms with Crippen molar-refractivity contribution in [3.05, 3.63) is 12.2 Å². The molecule has 2 saturated heterocycles. The monoisotopic (exact) mass is 391 g/mol. The normalized spacial score (nSPS) is 32.4. The van der Waals surface area contributed by atoms with Gasteiger partial charge < -0.3 is 19.3 Å². The zero-order valence-electron chi connectivity index (χ0n) is 14.1. The van der Waals surface area contributed by atoms with Gasteiger partial charge in [-0.3, -0.25) is 4.79 Å². The zero-order chi connectivity index (χ0) is 18.8. The quantitative estimate of drug-likeness (QED) is 0.219. The van der Waals surface area contributed by atoms with Gasteiger partial charge in [0.15, 0.2) is 6.04 Å². The molecule has 0 bridgehead atoms. The fourth-order valence-electron chi connectivity index (χ4n) is 3.40. The number of allylic oxidation sites excluding steroid dienone is 1. The predicted octanol–water partition coefficient (Wildman–Crippen LogP) is 1.27. The number of aliphatic carboxylic acids is 1. The molecule has 2 heterocycles. The van der Waals surface area contributed by atoms with Gasteiger partial charge in [0.05, 0.1) is 19.1 Å². The number of methoxy groups -OCH3 is 1. The van der Waals surface area contributed by atoms with Crippen molar-refractivity contribution in [2.45, 2.75) is 48.9 Å². The fraction of sp³-hybridized carbons (Fsp3) is 0.688. The van der Waals surface area contributed by atoms with Crippen LogP contribution in [0.1, 0.15) is 32.6 Å². The van der Waals surface area contributed by atoms with E-state index in [9.17, 15) is 24.0 Å². The first kappa shape index (κ1) is 20.1. The number of hydrogen-bond donors (Lipinski definition) is 1. The molecule has 25 heavy (non-hydrogen) atoms. The molecule has 0 spiro atoms. The number of ether oxygens (including phenoxy) is 1. The summed E-state index contributed by atoms with van der Waals surface area (Å²) < 4.78 is 15.6. The minimum absolute atomic E-state index is 0.171. The third kappa shape index (κ3) is 3.66. The largest absolute Gasteiger partial charge is 0.615 e. The van der Waals surface area contributed by atoms with Crippen molar-refractivity contribution in [2.24, 2.45) is 5.92 Å². The van der Waals surface area contributed by atoms with E-state index in [2.05, 4.69) is 4.74 Å². The number of carbonyl (C=O) groups excluding carboxylic acids is 2. The summed E-state index contributed by atoms with van der Waals surface area (Å²) in [6, 6.07) is -1.66. The van der Waals surface area contributed by atoms with E-state index in [1.165, 1.54) is 24.2 Å². The number of nitrogens with zero attached hydrogens (tertiary/aromatic N) is 1. The summed E-state index contributed by atoms with van der Waals surface area (Å²) in [6.07, 6.45) is 4.72. The fourth-order valence-corrected chi connectivity index (χ4v) is 5.70. The Hall–Kier alpha value is -1.25. The van der Waals surface area contributed by atoms with E-state index < -0.39 is 39.3 Å². The van der Waals surface area contributed by atoms with Crippen molar-refractivity contribution in [3.8, 4) is 0 Å². The van der Waals surface area contributed by atoms with E-state index in [1.54, 1.807) is 0 Å². The number of halogens is 1. The molecule has 0 aromatic carbocycles. The van der Waals surface area contributed by atoms with Crippen molar-refractivity contribution >= 4 is 40.6 Å². The van der Waals surface area contributed by atoms with Gasteiger partial charge in [0, 0.05) is 12.5 Å². The topological polar surface area (TPSA) is 107 Å². The number of hydrogen-bond acceptors (Lipinski definition) is 5. The Kier molecular flexibility index (Phi) is 6.40. The molecule has 2 aliphatic heterocycles. The minimum Gasteiger partial charge on any atom is -0.615 e. The van der Waals surface area contributed by atoms with Crippen LogP contribution < -0.4 is 0 Å². The second-order valence-electron chi connectivity index (χ2n) is 6.21. The summed E-state index contributed by atoms with van der Waals surface area (Å²) in [5.74, 6) is -2.23.